The molecular formula is C25H41NO4. The van der Waals surface area contributed by atoms with E-state index in [2.05, 4.69) is 12.2 Å². The van der Waals surface area contributed by atoms with Gasteiger partial charge in [-0.05, 0) is 51.0 Å². The number of hydrogen-bond acceptors (Lipinski definition) is 4. The van der Waals surface area contributed by atoms with Gasteiger partial charge >= 0.3 is 6.09 Å². The molecule has 30 heavy (non-hydrogen) atoms. The van der Waals surface area contributed by atoms with Crippen LogP contribution in [0.4, 0.5) is 4.79 Å². The minimum Gasteiger partial charge on any atom is -0.444 e. The molecule has 1 saturated carbocycles. The maximum atomic E-state index is 12.4. The van der Waals surface area contributed by atoms with Gasteiger partial charge in [0.1, 0.15) is 5.60 Å². The van der Waals surface area contributed by atoms with Gasteiger partial charge in [-0.15, -0.1) is 0 Å². The normalized spacial score (nSPS) is 18.4. The van der Waals surface area contributed by atoms with Crippen LogP contribution in [0.1, 0.15) is 78.2 Å². The molecule has 0 aromatic heterocycles. The molecule has 0 aliphatic heterocycles. The Morgan fingerprint density at radius 3 is 2.47 bits per heavy atom. The predicted molar refractivity (Wildman–Crippen MR) is 120 cm³/mol. The maximum Gasteiger partial charge on any atom is 0.407 e. The van der Waals surface area contributed by atoms with Crippen molar-refractivity contribution in [3.05, 3.63) is 35.9 Å². The van der Waals surface area contributed by atoms with Crippen molar-refractivity contribution in [2.75, 3.05) is 6.61 Å². The summed E-state index contributed by atoms with van der Waals surface area (Å²) in [5.74, 6) is 0.746. The summed E-state index contributed by atoms with van der Waals surface area (Å²) in [6.45, 7) is 8.79. The van der Waals surface area contributed by atoms with Gasteiger partial charge < -0.3 is 19.9 Å². The quantitative estimate of drug-likeness (QED) is 0.529. The molecule has 3 atom stereocenters. The van der Waals surface area contributed by atoms with Gasteiger partial charge in [0, 0.05) is 6.61 Å². The fourth-order valence-electron chi connectivity index (χ4n) is 4.15. The lowest BCUT2D eigenvalue weighted by atomic mass is 9.82. The molecule has 1 amide bonds. The number of amides is 1. The van der Waals surface area contributed by atoms with Gasteiger partial charge in [-0.3, -0.25) is 0 Å². The zero-order chi connectivity index (χ0) is 22.0. The van der Waals surface area contributed by atoms with Gasteiger partial charge in [0.25, 0.3) is 0 Å². The summed E-state index contributed by atoms with van der Waals surface area (Å²) >= 11 is 0. The summed E-state index contributed by atoms with van der Waals surface area (Å²) in [4.78, 5) is 12.4. The minimum atomic E-state index is -0.616. The number of ether oxygens (including phenoxy) is 2. The second-order valence-corrected chi connectivity index (χ2v) is 9.90. The Hall–Kier alpha value is -1.59. The number of carbonyl (C=O) groups excluding carboxylic acids is 1. The Kier molecular flexibility index (Phi) is 10.1. The first kappa shape index (κ1) is 24.7. The monoisotopic (exact) mass is 419 g/mol. The van der Waals surface area contributed by atoms with E-state index in [4.69, 9.17) is 9.47 Å². The number of rotatable bonds is 10. The summed E-state index contributed by atoms with van der Waals surface area (Å²) in [5, 5.41) is 13.9. The van der Waals surface area contributed by atoms with Crippen LogP contribution in [0.25, 0.3) is 0 Å². The standard InChI is InChI=1S/C25H41NO4/c1-19(17-29-18-21-13-9-6-10-14-21)15-23(27)22(16-20-11-7-5-8-12-20)26-24(28)30-25(2,3)4/h6,9-10,13-14,19-20,22-23,27H,5,7-8,11-12,15-18H2,1-4H3,(H,26,28)/t19-,22+,23+/m1/s1. The van der Waals surface area contributed by atoms with E-state index in [1.807, 2.05) is 51.1 Å². The van der Waals surface area contributed by atoms with Crippen LogP contribution in [0.5, 0.6) is 0 Å². The van der Waals surface area contributed by atoms with Crippen molar-refractivity contribution in [2.24, 2.45) is 11.8 Å². The molecule has 5 nitrogen and oxygen atoms in total. The van der Waals surface area contributed by atoms with E-state index in [0.717, 1.165) is 12.0 Å². The minimum absolute atomic E-state index is 0.193. The Morgan fingerprint density at radius 2 is 1.83 bits per heavy atom. The van der Waals surface area contributed by atoms with Crippen molar-refractivity contribution < 1.29 is 19.4 Å². The third-order valence-corrected chi connectivity index (χ3v) is 5.64. The number of hydrogen-bond donors (Lipinski definition) is 2. The molecule has 0 saturated heterocycles. The maximum absolute atomic E-state index is 12.4. The van der Waals surface area contributed by atoms with E-state index in [0.29, 0.717) is 25.6 Å². The summed E-state index contributed by atoms with van der Waals surface area (Å²) in [6.07, 6.45) is 6.45. The van der Waals surface area contributed by atoms with E-state index in [9.17, 15) is 9.90 Å². The fourth-order valence-corrected chi connectivity index (χ4v) is 4.15. The number of aliphatic hydroxyl groups excluding tert-OH is 1. The van der Waals surface area contributed by atoms with E-state index in [-0.39, 0.29) is 12.0 Å². The van der Waals surface area contributed by atoms with Crippen LogP contribution in [-0.2, 0) is 16.1 Å². The number of alkyl carbamates (subject to hydrolysis) is 1. The summed E-state index contributed by atoms with van der Waals surface area (Å²) < 4.78 is 11.3. The lowest BCUT2D eigenvalue weighted by molar-refractivity contribution is 0.0279. The molecule has 0 spiro atoms. The molecule has 1 aromatic rings. The number of benzene rings is 1. The van der Waals surface area contributed by atoms with Crippen molar-refractivity contribution in [1.29, 1.82) is 0 Å². The molecule has 1 aromatic carbocycles. The van der Waals surface area contributed by atoms with Crippen LogP contribution in [0.3, 0.4) is 0 Å². The van der Waals surface area contributed by atoms with Gasteiger partial charge in [0.05, 0.1) is 18.8 Å². The smallest absolute Gasteiger partial charge is 0.407 e. The average Bonchev–Trinajstić information content (AvgIpc) is 2.67. The van der Waals surface area contributed by atoms with Gasteiger partial charge in [0.2, 0.25) is 0 Å². The van der Waals surface area contributed by atoms with E-state index >= 15 is 0 Å². The summed E-state index contributed by atoms with van der Waals surface area (Å²) in [6, 6.07) is 9.80. The largest absolute Gasteiger partial charge is 0.444 e. The molecule has 0 heterocycles. The fraction of sp³-hybridized carbons (Fsp3) is 0.720. The van der Waals surface area contributed by atoms with Crippen molar-refractivity contribution >= 4 is 6.09 Å². The van der Waals surface area contributed by atoms with Crippen LogP contribution in [-0.4, -0.2) is 35.6 Å². The van der Waals surface area contributed by atoms with Crippen molar-refractivity contribution in [2.45, 2.75) is 97.0 Å². The molecule has 0 radical (unpaired) electrons. The molecule has 1 aliphatic rings. The van der Waals surface area contributed by atoms with Crippen molar-refractivity contribution in [3.63, 3.8) is 0 Å². The highest BCUT2D eigenvalue weighted by Crippen LogP contribution is 2.29. The van der Waals surface area contributed by atoms with E-state index in [1.54, 1.807) is 0 Å². The molecule has 1 aliphatic carbocycles. The Morgan fingerprint density at radius 1 is 1.17 bits per heavy atom. The molecular weight excluding hydrogens is 378 g/mol. The molecule has 5 heteroatoms. The first-order valence-corrected chi connectivity index (χ1v) is 11.5. The van der Waals surface area contributed by atoms with E-state index < -0.39 is 17.8 Å². The third-order valence-electron chi connectivity index (χ3n) is 5.64. The lowest BCUT2D eigenvalue weighted by Gasteiger charge is -2.32. The first-order chi connectivity index (χ1) is 14.2. The van der Waals surface area contributed by atoms with Crippen LogP contribution < -0.4 is 5.32 Å². The number of carbonyl (C=O) groups is 1. The van der Waals surface area contributed by atoms with Gasteiger partial charge in [0.15, 0.2) is 0 Å². The molecule has 1 fully saturated rings. The lowest BCUT2D eigenvalue weighted by Crippen LogP contribution is -2.47. The topological polar surface area (TPSA) is 67.8 Å². The molecule has 0 unspecified atom stereocenters. The number of nitrogens with one attached hydrogen (secondary N) is 1. The SMILES string of the molecule is C[C@@H](COCc1ccccc1)C[C@H](O)[C@H](CC1CCCCC1)NC(=O)OC(C)(C)C. The molecule has 2 rings (SSSR count). The van der Waals surface area contributed by atoms with E-state index in [1.165, 1.54) is 32.1 Å². The molecule has 0 bridgehead atoms. The number of aliphatic hydroxyl groups is 1. The predicted octanol–water partition coefficient (Wildman–Crippen LogP) is 5.45. The van der Waals surface area contributed by atoms with Crippen LogP contribution in [0.2, 0.25) is 0 Å². The average molecular weight is 420 g/mol. The highest BCUT2D eigenvalue weighted by molar-refractivity contribution is 5.68. The van der Waals surface area contributed by atoms with Crippen molar-refractivity contribution in [1.82, 2.24) is 5.32 Å². The summed E-state index contributed by atoms with van der Waals surface area (Å²) in [5.41, 5.74) is 0.593. The first-order valence-electron chi connectivity index (χ1n) is 11.5. The van der Waals surface area contributed by atoms with Crippen LogP contribution in [0.15, 0.2) is 30.3 Å². The Labute approximate surface area is 182 Å². The molecule has 2 N–H and O–H groups in total. The third kappa shape index (κ3) is 9.94. The Bertz CT molecular complexity index is 607. The van der Waals surface area contributed by atoms with Gasteiger partial charge in [-0.1, -0.05) is 69.4 Å². The van der Waals surface area contributed by atoms with Crippen LogP contribution >= 0.6 is 0 Å². The highest BCUT2D eigenvalue weighted by Gasteiger charge is 2.29. The summed E-state index contributed by atoms with van der Waals surface area (Å²) in [7, 11) is 0. The van der Waals surface area contributed by atoms with Crippen LogP contribution in [0, 0.1) is 11.8 Å². The van der Waals surface area contributed by atoms with Gasteiger partial charge in [-0.2, -0.15) is 0 Å². The zero-order valence-electron chi connectivity index (χ0n) is 19.2. The van der Waals surface area contributed by atoms with Gasteiger partial charge in [-0.25, -0.2) is 4.79 Å². The zero-order valence-corrected chi connectivity index (χ0v) is 19.2. The highest BCUT2D eigenvalue weighted by atomic mass is 16.6. The second kappa shape index (κ2) is 12.3. The van der Waals surface area contributed by atoms with Crippen molar-refractivity contribution in [3.8, 4) is 0 Å². The molecule has 170 valence electrons. The second-order valence-electron chi connectivity index (χ2n) is 9.90. The Balaban J connectivity index is 1.85.